The maximum absolute atomic E-state index is 12.6. The molecule has 1 aromatic heterocycles. The fraction of sp³-hybridized carbons (Fsp3) is 0.0952. The fourth-order valence-electron chi connectivity index (χ4n) is 3.22. The molecule has 0 saturated carbocycles. The first-order valence-corrected chi connectivity index (χ1v) is 10.3. The van der Waals surface area contributed by atoms with Crippen LogP contribution in [0, 0.1) is 0 Å². The number of aromatic nitrogens is 1. The van der Waals surface area contributed by atoms with Crippen molar-refractivity contribution in [1.82, 2.24) is 9.47 Å². The van der Waals surface area contributed by atoms with E-state index < -0.39 is 12.5 Å². The van der Waals surface area contributed by atoms with Gasteiger partial charge in [0.25, 0.3) is 5.91 Å². The smallest absolute Gasteiger partial charge is 0.323 e. The van der Waals surface area contributed by atoms with E-state index in [1.54, 1.807) is 6.08 Å². The lowest BCUT2D eigenvalue weighted by Gasteiger charge is -2.10. The second-order valence-corrected chi connectivity index (χ2v) is 8.63. The summed E-state index contributed by atoms with van der Waals surface area (Å²) >= 11 is 12.3. The van der Waals surface area contributed by atoms with Crippen LogP contribution in [0.25, 0.3) is 17.0 Å². The van der Waals surface area contributed by atoms with Crippen LogP contribution in [0.15, 0.2) is 59.6 Å². The molecule has 1 aliphatic rings. The van der Waals surface area contributed by atoms with Crippen molar-refractivity contribution in [3.8, 4) is 0 Å². The van der Waals surface area contributed by atoms with E-state index >= 15 is 0 Å². The Hall–Kier alpha value is -2.61. The van der Waals surface area contributed by atoms with E-state index in [1.807, 2.05) is 54.7 Å². The second-order valence-electron chi connectivity index (χ2n) is 6.52. The van der Waals surface area contributed by atoms with Crippen molar-refractivity contribution in [3.63, 3.8) is 0 Å². The maximum Gasteiger partial charge on any atom is 0.323 e. The molecule has 1 N–H and O–H groups in total. The van der Waals surface area contributed by atoms with Gasteiger partial charge >= 0.3 is 5.97 Å². The van der Waals surface area contributed by atoms with Gasteiger partial charge in [-0.25, -0.2) is 0 Å². The normalized spacial score (nSPS) is 15.6. The SMILES string of the molecule is O=C(O)CN1C(=O)/C(=C\c2cn(Cc3ccc(Cl)cc3)c3ccccc23)SC1=S. The molecule has 4 rings (SSSR count). The Morgan fingerprint density at radius 1 is 1.17 bits per heavy atom. The third-order valence-corrected chi connectivity index (χ3v) is 6.17. The molecule has 0 spiro atoms. The van der Waals surface area contributed by atoms with Crippen molar-refractivity contribution in [2.24, 2.45) is 0 Å². The van der Waals surface area contributed by atoms with Crippen LogP contribution in [0.1, 0.15) is 11.1 Å². The van der Waals surface area contributed by atoms with E-state index in [9.17, 15) is 9.59 Å². The molecule has 1 saturated heterocycles. The van der Waals surface area contributed by atoms with Gasteiger partial charge < -0.3 is 9.67 Å². The Kier molecular flexibility index (Phi) is 5.45. The van der Waals surface area contributed by atoms with Crippen LogP contribution in [0.3, 0.4) is 0 Å². The molecule has 1 aliphatic heterocycles. The first kappa shape index (κ1) is 19.7. The summed E-state index contributed by atoms with van der Waals surface area (Å²) in [4.78, 5) is 25.1. The van der Waals surface area contributed by atoms with Crippen molar-refractivity contribution in [2.45, 2.75) is 6.54 Å². The molecule has 0 bridgehead atoms. The first-order chi connectivity index (χ1) is 13.9. The zero-order valence-electron chi connectivity index (χ0n) is 15.0. The minimum absolute atomic E-state index is 0.258. The number of hydrogen-bond donors (Lipinski definition) is 1. The largest absolute Gasteiger partial charge is 0.480 e. The molecule has 146 valence electrons. The number of thioether (sulfide) groups is 1. The standard InChI is InChI=1S/C21H15ClN2O3S2/c22-15-7-5-13(6-8-15)10-23-11-14(16-3-1-2-4-17(16)23)9-18-20(27)24(12-19(25)26)21(28)29-18/h1-9,11H,10,12H2,(H,25,26)/b18-9+. The van der Waals surface area contributed by atoms with E-state index in [0.29, 0.717) is 16.5 Å². The van der Waals surface area contributed by atoms with Crippen molar-refractivity contribution in [3.05, 3.63) is 75.8 Å². The van der Waals surface area contributed by atoms with E-state index in [-0.39, 0.29) is 10.2 Å². The summed E-state index contributed by atoms with van der Waals surface area (Å²) in [6.45, 7) is 0.228. The third-order valence-electron chi connectivity index (χ3n) is 4.54. The molecule has 2 aromatic carbocycles. The summed E-state index contributed by atoms with van der Waals surface area (Å²) in [6.07, 6.45) is 3.77. The first-order valence-electron chi connectivity index (χ1n) is 8.72. The molecule has 1 amide bonds. The van der Waals surface area contributed by atoms with E-state index in [2.05, 4.69) is 4.57 Å². The van der Waals surface area contributed by atoms with Crippen LogP contribution in [-0.2, 0) is 16.1 Å². The van der Waals surface area contributed by atoms with Crippen molar-refractivity contribution in [1.29, 1.82) is 0 Å². The summed E-state index contributed by atoms with van der Waals surface area (Å²) in [7, 11) is 0. The van der Waals surface area contributed by atoms with Gasteiger partial charge in [-0.2, -0.15) is 0 Å². The predicted molar refractivity (Wildman–Crippen MR) is 120 cm³/mol. The Morgan fingerprint density at radius 2 is 1.90 bits per heavy atom. The van der Waals surface area contributed by atoms with Crippen LogP contribution < -0.4 is 0 Å². The summed E-state index contributed by atoms with van der Waals surface area (Å²) in [5, 5.41) is 10.7. The Labute approximate surface area is 181 Å². The number of fused-ring (bicyclic) bond motifs is 1. The molecule has 0 radical (unpaired) electrons. The molecule has 2 heterocycles. The molecular weight excluding hydrogens is 428 g/mol. The lowest BCUT2D eigenvalue weighted by molar-refractivity contribution is -0.140. The summed E-state index contributed by atoms with van der Waals surface area (Å²) in [6, 6.07) is 15.6. The van der Waals surface area contributed by atoms with Gasteiger partial charge in [-0.05, 0) is 29.8 Å². The fourth-order valence-corrected chi connectivity index (χ4v) is 4.59. The van der Waals surface area contributed by atoms with Crippen LogP contribution in [0.2, 0.25) is 5.02 Å². The number of rotatable bonds is 5. The van der Waals surface area contributed by atoms with E-state index in [4.69, 9.17) is 28.9 Å². The van der Waals surface area contributed by atoms with Gasteiger partial charge in [-0.15, -0.1) is 0 Å². The van der Waals surface area contributed by atoms with Gasteiger partial charge in [0.15, 0.2) is 0 Å². The zero-order chi connectivity index (χ0) is 20.5. The number of benzene rings is 2. The average molecular weight is 443 g/mol. The van der Waals surface area contributed by atoms with Crippen molar-refractivity contribution in [2.75, 3.05) is 6.54 Å². The van der Waals surface area contributed by atoms with Gasteiger partial charge in [-0.3, -0.25) is 14.5 Å². The van der Waals surface area contributed by atoms with Crippen LogP contribution in [0.5, 0.6) is 0 Å². The Bertz CT molecular complexity index is 1170. The highest BCUT2D eigenvalue weighted by Gasteiger charge is 2.33. The Morgan fingerprint density at radius 3 is 2.62 bits per heavy atom. The monoisotopic (exact) mass is 442 g/mol. The molecule has 0 aliphatic carbocycles. The summed E-state index contributed by atoms with van der Waals surface area (Å²) < 4.78 is 2.37. The third kappa shape index (κ3) is 4.07. The van der Waals surface area contributed by atoms with Crippen molar-refractivity contribution >= 4 is 68.8 Å². The highest BCUT2D eigenvalue weighted by atomic mass is 35.5. The number of halogens is 1. The van der Waals surface area contributed by atoms with Gasteiger partial charge in [0.1, 0.15) is 10.9 Å². The molecule has 1 fully saturated rings. The lowest BCUT2D eigenvalue weighted by Crippen LogP contribution is -2.33. The summed E-state index contributed by atoms with van der Waals surface area (Å²) in [5.41, 5.74) is 3.02. The number of thiocarbonyl (C=S) groups is 1. The number of carboxylic acids is 1. The van der Waals surface area contributed by atoms with Crippen molar-refractivity contribution < 1.29 is 14.7 Å². The van der Waals surface area contributed by atoms with Gasteiger partial charge in [0, 0.05) is 34.2 Å². The lowest BCUT2D eigenvalue weighted by atomic mass is 10.1. The molecule has 0 unspecified atom stereocenters. The van der Waals surface area contributed by atoms with Gasteiger partial charge in [-0.1, -0.05) is 65.9 Å². The number of nitrogens with zero attached hydrogens (tertiary/aromatic N) is 2. The zero-order valence-corrected chi connectivity index (χ0v) is 17.4. The molecule has 5 nitrogen and oxygen atoms in total. The van der Waals surface area contributed by atoms with Crippen LogP contribution in [-0.4, -0.2) is 37.3 Å². The highest BCUT2D eigenvalue weighted by molar-refractivity contribution is 8.26. The Balaban J connectivity index is 1.70. The van der Waals surface area contributed by atoms with Gasteiger partial charge in [0.2, 0.25) is 0 Å². The number of amides is 1. The number of hydrogen-bond acceptors (Lipinski definition) is 4. The topological polar surface area (TPSA) is 62.5 Å². The molecular formula is C21H15ClN2O3S2. The molecule has 0 atom stereocenters. The number of para-hydroxylation sites is 1. The number of aliphatic carboxylic acids is 1. The minimum Gasteiger partial charge on any atom is -0.480 e. The quantitative estimate of drug-likeness (QED) is 0.461. The molecule has 8 heteroatoms. The number of carboxylic acid groups (broad SMARTS) is 1. The second kappa shape index (κ2) is 8.02. The average Bonchev–Trinajstić information content (AvgIpc) is 3.16. The van der Waals surface area contributed by atoms with Gasteiger partial charge in [0.05, 0.1) is 4.91 Å². The van der Waals surface area contributed by atoms with Crippen LogP contribution in [0.4, 0.5) is 0 Å². The van der Waals surface area contributed by atoms with Crippen LogP contribution >= 0.6 is 35.6 Å². The van der Waals surface area contributed by atoms with E-state index in [0.717, 1.165) is 38.7 Å². The number of carbonyl (C=O) groups excluding carboxylic acids is 1. The maximum atomic E-state index is 12.6. The number of carbonyl (C=O) groups is 2. The van der Waals surface area contributed by atoms with E-state index in [1.165, 1.54) is 0 Å². The molecule has 3 aromatic rings. The highest BCUT2D eigenvalue weighted by Crippen LogP contribution is 2.34. The minimum atomic E-state index is -1.10. The molecule has 29 heavy (non-hydrogen) atoms. The predicted octanol–water partition coefficient (Wildman–Crippen LogP) is 4.63. The summed E-state index contributed by atoms with van der Waals surface area (Å²) in [5.74, 6) is -1.47.